The first kappa shape index (κ1) is 14.4. The standard InChI is InChI=1S/C12H3Cl3F4/c13-5-2-1-4(3-6(5)14)7-9(16)11(18)8(15)12(19)10(7)17/h1-3H. The lowest BCUT2D eigenvalue weighted by Gasteiger charge is -2.09. The van der Waals surface area contributed by atoms with Crippen LogP contribution in [0.3, 0.4) is 0 Å². The van der Waals surface area contributed by atoms with E-state index >= 15 is 0 Å². The number of hydrogen-bond donors (Lipinski definition) is 0. The second-order valence-corrected chi connectivity index (χ2v) is 4.77. The van der Waals surface area contributed by atoms with Gasteiger partial charge in [0.1, 0.15) is 5.02 Å². The monoisotopic (exact) mass is 328 g/mol. The third-order valence-corrected chi connectivity index (χ3v) is 3.49. The van der Waals surface area contributed by atoms with Gasteiger partial charge >= 0.3 is 0 Å². The maximum atomic E-state index is 13.7. The molecule has 0 aliphatic rings. The van der Waals surface area contributed by atoms with Gasteiger partial charge < -0.3 is 0 Å². The molecule has 2 rings (SSSR count). The molecule has 0 bridgehead atoms. The maximum absolute atomic E-state index is 13.7. The van der Waals surface area contributed by atoms with Crippen molar-refractivity contribution < 1.29 is 17.6 Å². The van der Waals surface area contributed by atoms with Gasteiger partial charge in [-0.25, -0.2) is 17.6 Å². The smallest absolute Gasteiger partial charge is 0.181 e. The lowest BCUT2D eigenvalue weighted by atomic mass is 10.0. The van der Waals surface area contributed by atoms with Crippen molar-refractivity contribution in [1.82, 2.24) is 0 Å². The van der Waals surface area contributed by atoms with Crippen molar-refractivity contribution in [3.8, 4) is 11.1 Å². The van der Waals surface area contributed by atoms with Gasteiger partial charge in [0.05, 0.1) is 15.6 Å². The van der Waals surface area contributed by atoms with Crippen molar-refractivity contribution >= 4 is 34.8 Å². The molecule has 2 aromatic carbocycles. The summed E-state index contributed by atoms with van der Waals surface area (Å²) < 4.78 is 54.0. The Morgan fingerprint density at radius 3 is 1.68 bits per heavy atom. The van der Waals surface area contributed by atoms with E-state index in [9.17, 15) is 17.6 Å². The van der Waals surface area contributed by atoms with Gasteiger partial charge in [-0.1, -0.05) is 40.9 Å². The van der Waals surface area contributed by atoms with Crippen LogP contribution in [-0.2, 0) is 0 Å². The molecule has 0 fully saturated rings. The van der Waals surface area contributed by atoms with Crippen LogP contribution in [0.25, 0.3) is 11.1 Å². The normalized spacial score (nSPS) is 10.9. The molecule has 2 aromatic rings. The minimum Gasteiger partial charge on any atom is -0.203 e. The summed E-state index contributed by atoms with van der Waals surface area (Å²) in [5.41, 5.74) is -1.04. The maximum Gasteiger partial charge on any atom is 0.181 e. The zero-order valence-electron chi connectivity index (χ0n) is 8.88. The summed E-state index contributed by atoms with van der Waals surface area (Å²) in [5.74, 6) is -6.52. The predicted octanol–water partition coefficient (Wildman–Crippen LogP) is 5.87. The Morgan fingerprint density at radius 2 is 1.21 bits per heavy atom. The molecule has 0 heterocycles. The van der Waals surface area contributed by atoms with Crippen LogP contribution in [-0.4, -0.2) is 0 Å². The summed E-state index contributed by atoms with van der Waals surface area (Å²) in [6.07, 6.45) is 0. The first-order valence-electron chi connectivity index (χ1n) is 4.81. The summed E-state index contributed by atoms with van der Waals surface area (Å²) >= 11 is 16.5. The number of rotatable bonds is 1. The zero-order valence-corrected chi connectivity index (χ0v) is 11.1. The SMILES string of the molecule is Fc1c(F)c(-c2ccc(Cl)c(Cl)c2)c(F)c(F)c1Cl. The van der Waals surface area contributed by atoms with E-state index in [1.165, 1.54) is 12.1 Å². The van der Waals surface area contributed by atoms with Crippen molar-refractivity contribution in [2.45, 2.75) is 0 Å². The van der Waals surface area contributed by atoms with Crippen molar-refractivity contribution in [2.24, 2.45) is 0 Å². The average molecular weight is 330 g/mol. The lowest BCUT2D eigenvalue weighted by molar-refractivity contribution is 0.459. The van der Waals surface area contributed by atoms with Crippen molar-refractivity contribution in [2.75, 3.05) is 0 Å². The van der Waals surface area contributed by atoms with Gasteiger partial charge in [0.25, 0.3) is 0 Å². The molecule has 0 saturated carbocycles. The van der Waals surface area contributed by atoms with E-state index in [2.05, 4.69) is 0 Å². The fourth-order valence-electron chi connectivity index (χ4n) is 1.51. The fourth-order valence-corrected chi connectivity index (χ4v) is 1.97. The summed E-state index contributed by atoms with van der Waals surface area (Å²) in [4.78, 5) is 0. The largest absolute Gasteiger partial charge is 0.203 e. The zero-order chi connectivity index (χ0) is 14.3. The van der Waals surface area contributed by atoms with E-state index in [0.717, 1.165) is 6.07 Å². The van der Waals surface area contributed by atoms with Gasteiger partial charge in [0.15, 0.2) is 23.3 Å². The van der Waals surface area contributed by atoms with Crippen molar-refractivity contribution in [3.63, 3.8) is 0 Å². The summed E-state index contributed by atoms with van der Waals surface area (Å²) in [5, 5.41) is -1.10. The van der Waals surface area contributed by atoms with Gasteiger partial charge in [0, 0.05) is 0 Å². The highest BCUT2D eigenvalue weighted by Crippen LogP contribution is 2.36. The van der Waals surface area contributed by atoms with E-state index < -0.39 is 33.9 Å². The van der Waals surface area contributed by atoms with Crippen LogP contribution in [0.5, 0.6) is 0 Å². The number of halogens is 7. The molecule has 0 saturated heterocycles. The lowest BCUT2D eigenvalue weighted by Crippen LogP contribution is -2.00. The van der Waals surface area contributed by atoms with Gasteiger partial charge in [-0.05, 0) is 17.7 Å². The molecule has 0 aliphatic carbocycles. The minimum absolute atomic E-state index is 0.00580. The Bertz CT molecular complexity index is 642. The Kier molecular flexibility index (Phi) is 3.95. The highest BCUT2D eigenvalue weighted by atomic mass is 35.5. The van der Waals surface area contributed by atoms with Crippen LogP contribution >= 0.6 is 34.8 Å². The molecule has 19 heavy (non-hydrogen) atoms. The fraction of sp³-hybridized carbons (Fsp3) is 0. The van der Waals surface area contributed by atoms with E-state index in [1.807, 2.05) is 0 Å². The molecular weight excluding hydrogens is 326 g/mol. The van der Waals surface area contributed by atoms with Crippen LogP contribution in [0.2, 0.25) is 15.1 Å². The molecule has 0 spiro atoms. The molecule has 0 aromatic heterocycles. The van der Waals surface area contributed by atoms with Gasteiger partial charge in [-0.15, -0.1) is 0 Å². The quantitative estimate of drug-likeness (QED) is 0.349. The van der Waals surface area contributed by atoms with Crippen molar-refractivity contribution in [1.29, 1.82) is 0 Å². The highest BCUT2D eigenvalue weighted by molar-refractivity contribution is 6.42. The van der Waals surface area contributed by atoms with Crippen molar-refractivity contribution in [3.05, 3.63) is 56.5 Å². The second-order valence-electron chi connectivity index (χ2n) is 3.57. The molecule has 0 amide bonds. The van der Waals surface area contributed by atoms with E-state index in [4.69, 9.17) is 34.8 Å². The van der Waals surface area contributed by atoms with Crippen LogP contribution in [0.15, 0.2) is 18.2 Å². The third kappa shape index (κ3) is 2.40. The minimum atomic E-state index is -1.67. The van der Waals surface area contributed by atoms with Gasteiger partial charge in [0.2, 0.25) is 0 Å². The Balaban J connectivity index is 2.79. The summed E-state index contributed by atoms with van der Waals surface area (Å²) in [7, 11) is 0. The first-order chi connectivity index (χ1) is 8.84. The average Bonchev–Trinajstić information content (AvgIpc) is 2.38. The third-order valence-electron chi connectivity index (χ3n) is 2.42. The second kappa shape index (κ2) is 5.19. The molecule has 0 radical (unpaired) electrons. The van der Waals surface area contributed by atoms with Crippen LogP contribution in [0, 0.1) is 23.3 Å². The van der Waals surface area contributed by atoms with Gasteiger partial charge in [-0.3, -0.25) is 0 Å². The molecule has 0 N–H and O–H groups in total. The van der Waals surface area contributed by atoms with Crippen LogP contribution in [0.1, 0.15) is 0 Å². The van der Waals surface area contributed by atoms with Crippen LogP contribution < -0.4 is 0 Å². The van der Waals surface area contributed by atoms with E-state index in [-0.39, 0.29) is 15.6 Å². The number of benzene rings is 2. The van der Waals surface area contributed by atoms with Gasteiger partial charge in [-0.2, -0.15) is 0 Å². The molecule has 0 aliphatic heterocycles. The summed E-state index contributed by atoms with van der Waals surface area (Å²) in [6, 6.07) is 3.53. The predicted molar refractivity (Wildman–Crippen MR) is 66.7 cm³/mol. The Morgan fingerprint density at radius 1 is 0.684 bits per heavy atom. The van der Waals surface area contributed by atoms with Crippen LogP contribution in [0.4, 0.5) is 17.6 Å². The molecule has 0 nitrogen and oxygen atoms in total. The number of hydrogen-bond acceptors (Lipinski definition) is 0. The van der Waals surface area contributed by atoms with E-state index in [1.54, 1.807) is 0 Å². The molecule has 7 heteroatoms. The topological polar surface area (TPSA) is 0 Å². The molecule has 100 valence electrons. The molecular formula is C12H3Cl3F4. The molecule has 0 unspecified atom stereocenters. The Labute approximate surface area is 120 Å². The van der Waals surface area contributed by atoms with E-state index in [0.29, 0.717) is 0 Å². The first-order valence-corrected chi connectivity index (χ1v) is 5.94. The highest BCUT2D eigenvalue weighted by Gasteiger charge is 2.25. The summed E-state index contributed by atoms with van der Waals surface area (Å²) in [6.45, 7) is 0. The molecule has 0 atom stereocenters. The Hall–Kier alpha value is -0.970.